The second kappa shape index (κ2) is 6.16. The molecule has 6 heteroatoms. The highest BCUT2D eigenvalue weighted by Crippen LogP contribution is 2.22. The van der Waals surface area contributed by atoms with Crippen molar-refractivity contribution in [3.8, 4) is 5.75 Å². The third kappa shape index (κ3) is 2.79. The number of carbonyl (C=O) groups excluding carboxylic acids is 1. The van der Waals surface area contributed by atoms with E-state index in [0.29, 0.717) is 35.9 Å². The summed E-state index contributed by atoms with van der Waals surface area (Å²) >= 11 is 0. The highest BCUT2D eigenvalue weighted by molar-refractivity contribution is 5.94. The van der Waals surface area contributed by atoms with Crippen molar-refractivity contribution in [2.75, 3.05) is 6.61 Å². The van der Waals surface area contributed by atoms with Crippen molar-refractivity contribution in [1.82, 2.24) is 19.3 Å². The van der Waals surface area contributed by atoms with Crippen LogP contribution in [-0.4, -0.2) is 26.5 Å². The van der Waals surface area contributed by atoms with Crippen LogP contribution in [0, 0.1) is 6.92 Å². The number of ether oxygens (including phenoxy) is 1. The van der Waals surface area contributed by atoms with Gasteiger partial charge in [-0.1, -0.05) is 0 Å². The van der Waals surface area contributed by atoms with Crippen molar-refractivity contribution < 1.29 is 9.53 Å². The van der Waals surface area contributed by atoms with Crippen LogP contribution in [0.25, 0.3) is 5.65 Å². The van der Waals surface area contributed by atoms with Gasteiger partial charge >= 0.3 is 0 Å². The molecule has 0 atom stereocenters. The van der Waals surface area contributed by atoms with Crippen LogP contribution in [0.5, 0.6) is 5.75 Å². The minimum atomic E-state index is -0.148. The van der Waals surface area contributed by atoms with Gasteiger partial charge in [0.05, 0.1) is 18.8 Å². The smallest absolute Gasteiger partial charge is 0.270 e. The lowest BCUT2D eigenvalue weighted by atomic mass is 10.3. The minimum Gasteiger partial charge on any atom is -0.490 e. The van der Waals surface area contributed by atoms with Crippen LogP contribution in [0.2, 0.25) is 0 Å². The first-order chi connectivity index (χ1) is 11.1. The minimum absolute atomic E-state index is 0.148. The molecule has 0 unspecified atom stereocenters. The van der Waals surface area contributed by atoms with Gasteiger partial charge < -0.3 is 14.6 Å². The molecule has 0 aliphatic heterocycles. The lowest BCUT2D eigenvalue weighted by molar-refractivity contribution is 0.0943. The topological polar surface area (TPSA) is 60.6 Å². The fraction of sp³-hybridized carbons (Fsp3) is 0.294. The predicted molar refractivity (Wildman–Crippen MR) is 87.7 cm³/mol. The molecule has 3 heterocycles. The number of nitrogens with zero attached hydrogens (tertiary/aromatic N) is 3. The Bertz CT molecular complexity index is 848. The van der Waals surface area contributed by atoms with Gasteiger partial charge in [0, 0.05) is 25.1 Å². The lowest BCUT2D eigenvalue weighted by Crippen LogP contribution is -2.25. The maximum atomic E-state index is 12.6. The van der Waals surface area contributed by atoms with Crippen LogP contribution in [0.3, 0.4) is 0 Å². The summed E-state index contributed by atoms with van der Waals surface area (Å²) < 4.78 is 9.34. The van der Waals surface area contributed by atoms with E-state index in [2.05, 4.69) is 10.3 Å². The van der Waals surface area contributed by atoms with E-state index in [1.54, 1.807) is 4.40 Å². The Hall–Kier alpha value is -2.76. The number of aromatic nitrogens is 3. The number of amides is 1. The van der Waals surface area contributed by atoms with Crippen molar-refractivity contribution in [1.29, 1.82) is 0 Å². The van der Waals surface area contributed by atoms with Crippen molar-refractivity contribution in [3.63, 3.8) is 0 Å². The van der Waals surface area contributed by atoms with Crippen LogP contribution in [0.15, 0.2) is 36.7 Å². The van der Waals surface area contributed by atoms with Crippen LogP contribution in [-0.2, 0) is 13.6 Å². The Balaban J connectivity index is 1.90. The van der Waals surface area contributed by atoms with Gasteiger partial charge in [-0.05, 0) is 38.1 Å². The Morgan fingerprint density at radius 3 is 2.78 bits per heavy atom. The lowest BCUT2D eigenvalue weighted by Gasteiger charge is -2.08. The molecule has 3 aromatic heterocycles. The normalized spacial score (nSPS) is 10.9. The molecule has 3 aromatic rings. The molecular weight excluding hydrogens is 292 g/mol. The number of imidazole rings is 1. The molecule has 1 amide bonds. The van der Waals surface area contributed by atoms with Gasteiger partial charge in [0.2, 0.25) is 0 Å². The van der Waals surface area contributed by atoms with Crippen molar-refractivity contribution >= 4 is 11.6 Å². The van der Waals surface area contributed by atoms with Crippen molar-refractivity contribution in [2.45, 2.75) is 20.4 Å². The summed E-state index contributed by atoms with van der Waals surface area (Å²) in [6, 6.07) is 7.65. The average Bonchev–Trinajstić information content (AvgIpc) is 3.08. The van der Waals surface area contributed by atoms with Crippen molar-refractivity contribution in [3.05, 3.63) is 53.7 Å². The Morgan fingerprint density at radius 2 is 2.09 bits per heavy atom. The summed E-state index contributed by atoms with van der Waals surface area (Å²) in [4.78, 5) is 17.1. The quantitative estimate of drug-likeness (QED) is 0.786. The van der Waals surface area contributed by atoms with E-state index in [0.717, 1.165) is 5.69 Å². The monoisotopic (exact) mass is 312 g/mol. The summed E-state index contributed by atoms with van der Waals surface area (Å²) in [5.41, 5.74) is 2.92. The summed E-state index contributed by atoms with van der Waals surface area (Å²) in [6.45, 7) is 4.79. The zero-order valence-electron chi connectivity index (χ0n) is 13.5. The van der Waals surface area contributed by atoms with Crippen LogP contribution in [0.4, 0.5) is 0 Å². The first-order valence-electron chi connectivity index (χ1n) is 7.60. The van der Waals surface area contributed by atoms with E-state index in [1.165, 1.54) is 0 Å². The third-order valence-electron chi connectivity index (χ3n) is 3.78. The van der Waals surface area contributed by atoms with Gasteiger partial charge in [-0.3, -0.25) is 9.20 Å². The Labute approximate surface area is 134 Å². The van der Waals surface area contributed by atoms with Crippen molar-refractivity contribution in [2.24, 2.45) is 7.05 Å². The molecule has 0 aliphatic rings. The van der Waals surface area contributed by atoms with Gasteiger partial charge in [-0.2, -0.15) is 0 Å². The number of carbonyl (C=O) groups is 1. The molecule has 0 saturated carbocycles. The number of pyridine rings is 1. The average molecular weight is 312 g/mol. The predicted octanol–water partition coefficient (Wildman–Crippen LogP) is 2.31. The van der Waals surface area contributed by atoms with Gasteiger partial charge in [-0.15, -0.1) is 0 Å². The molecule has 0 bridgehead atoms. The van der Waals surface area contributed by atoms with Crippen LogP contribution < -0.4 is 10.1 Å². The van der Waals surface area contributed by atoms with Crippen LogP contribution in [0.1, 0.15) is 28.8 Å². The van der Waals surface area contributed by atoms with E-state index < -0.39 is 0 Å². The molecule has 120 valence electrons. The molecule has 0 radical (unpaired) electrons. The van der Waals surface area contributed by atoms with Gasteiger partial charge in [0.15, 0.2) is 11.4 Å². The molecule has 0 spiro atoms. The first kappa shape index (κ1) is 15.1. The first-order valence-corrected chi connectivity index (χ1v) is 7.60. The number of hydrogen-bond acceptors (Lipinski definition) is 3. The fourth-order valence-electron chi connectivity index (χ4n) is 2.63. The van der Waals surface area contributed by atoms with E-state index in [9.17, 15) is 4.79 Å². The molecule has 3 rings (SSSR count). The second-order valence-electron chi connectivity index (χ2n) is 5.34. The zero-order chi connectivity index (χ0) is 16.4. The highest BCUT2D eigenvalue weighted by atomic mass is 16.5. The number of hydrogen-bond donors (Lipinski definition) is 1. The molecule has 0 aliphatic carbocycles. The molecular formula is C17H20N4O2. The Morgan fingerprint density at radius 1 is 1.30 bits per heavy atom. The number of aryl methyl sites for hydroxylation is 2. The number of nitrogens with one attached hydrogen (secondary N) is 1. The molecule has 0 aromatic carbocycles. The highest BCUT2D eigenvalue weighted by Gasteiger charge is 2.18. The largest absolute Gasteiger partial charge is 0.490 e. The molecule has 0 saturated heterocycles. The molecule has 1 N–H and O–H groups in total. The standard InChI is InChI=1S/C17H20N4O2/c1-4-23-14-8-6-10-21-15(12(2)19-16(14)21)17(22)18-11-13-7-5-9-20(13)3/h5-10H,4,11H2,1-3H3,(H,18,22). The van der Waals surface area contributed by atoms with Gasteiger partial charge in [0.1, 0.15) is 5.69 Å². The number of fused-ring (bicyclic) bond motifs is 1. The maximum Gasteiger partial charge on any atom is 0.270 e. The molecule has 0 fully saturated rings. The summed E-state index contributed by atoms with van der Waals surface area (Å²) in [7, 11) is 1.95. The molecule has 6 nitrogen and oxygen atoms in total. The van der Waals surface area contributed by atoms with E-state index >= 15 is 0 Å². The SMILES string of the molecule is CCOc1cccn2c(C(=O)NCc3cccn3C)c(C)nc12. The maximum absolute atomic E-state index is 12.6. The van der Waals surface area contributed by atoms with E-state index in [-0.39, 0.29) is 5.91 Å². The van der Waals surface area contributed by atoms with Gasteiger partial charge in [0.25, 0.3) is 5.91 Å². The summed E-state index contributed by atoms with van der Waals surface area (Å²) in [5.74, 6) is 0.532. The second-order valence-corrected chi connectivity index (χ2v) is 5.34. The van der Waals surface area contributed by atoms with Crippen LogP contribution >= 0.6 is 0 Å². The fourth-order valence-corrected chi connectivity index (χ4v) is 2.63. The molecule has 23 heavy (non-hydrogen) atoms. The zero-order valence-corrected chi connectivity index (χ0v) is 13.5. The Kier molecular flexibility index (Phi) is 4.06. The summed E-state index contributed by atoms with van der Waals surface area (Å²) in [6.07, 6.45) is 3.78. The van der Waals surface area contributed by atoms with E-state index in [1.807, 2.05) is 62.1 Å². The number of rotatable bonds is 5. The summed E-state index contributed by atoms with van der Waals surface area (Å²) in [5, 5.41) is 2.95. The third-order valence-corrected chi connectivity index (χ3v) is 3.78. The van der Waals surface area contributed by atoms with E-state index in [4.69, 9.17) is 4.74 Å². The van der Waals surface area contributed by atoms with Gasteiger partial charge in [-0.25, -0.2) is 4.98 Å².